The Kier molecular flexibility index (Phi) is 42.5. The number of hydrogen-bond acceptors (Lipinski definition) is 2. The number of halogens is 8. The van der Waals surface area contributed by atoms with Gasteiger partial charge in [-0.05, 0) is 26.2 Å². The summed E-state index contributed by atoms with van der Waals surface area (Å²) in [6, 6.07) is 0. The Morgan fingerprint density at radius 2 is 0.591 bits per heavy atom. The second-order valence-corrected chi connectivity index (χ2v) is 57.5. The summed E-state index contributed by atoms with van der Waals surface area (Å²) >= 11 is -6.42. The van der Waals surface area contributed by atoms with Crippen molar-refractivity contribution >= 4 is 89.2 Å². The second-order valence-electron chi connectivity index (χ2n) is 3.88. The van der Waals surface area contributed by atoms with Crippen LogP contribution >= 0.6 is 73.5 Å². The van der Waals surface area contributed by atoms with Crippen LogP contribution in [-0.2, 0) is 80.2 Å². The van der Waals surface area contributed by atoms with Gasteiger partial charge in [0.15, 0.2) is 15.7 Å². The Bertz CT molecular complexity index is 198. The van der Waals surface area contributed by atoms with E-state index in [2.05, 4.69) is 0 Å². The third-order valence-electron chi connectivity index (χ3n) is 1.50. The molecule has 0 spiro atoms. The maximum atomic E-state index is 9.30. The van der Waals surface area contributed by atoms with E-state index in [1.807, 2.05) is 0 Å². The molecular formula is C4H18Cd2Cl8Nb2O4Si2. The van der Waals surface area contributed by atoms with Crippen LogP contribution in [-0.4, -0.2) is 36.2 Å². The monoisotopic (exact) mass is 879 g/mol. The van der Waals surface area contributed by atoms with Crippen molar-refractivity contribution in [1.29, 1.82) is 0 Å². The van der Waals surface area contributed by atoms with E-state index >= 15 is 0 Å². The molecule has 0 unspecified atom stereocenters. The molecule has 0 aliphatic carbocycles. The minimum absolute atomic E-state index is 0. The van der Waals surface area contributed by atoms with Crippen LogP contribution in [0.1, 0.15) is 0 Å². The van der Waals surface area contributed by atoms with Crippen LogP contribution in [0.2, 0.25) is 26.2 Å². The molecule has 0 bridgehead atoms. The summed E-state index contributed by atoms with van der Waals surface area (Å²) < 4.78 is 0. The minimum atomic E-state index is -3.21. The molecule has 0 heterocycles. The fourth-order valence-electron chi connectivity index (χ4n) is 0. The van der Waals surface area contributed by atoms with Crippen molar-refractivity contribution in [2.24, 2.45) is 0 Å². The number of rotatable bonds is 1. The van der Waals surface area contributed by atoms with E-state index in [1.165, 1.54) is 0 Å². The zero-order valence-corrected chi connectivity index (χ0v) is 32.7. The average Bonchev–Trinajstić information content (AvgIpc) is 1.70. The van der Waals surface area contributed by atoms with Gasteiger partial charge in [-0.2, -0.15) is 0 Å². The average molecular weight is 881 g/mol. The van der Waals surface area contributed by atoms with Crippen LogP contribution in [0.4, 0.5) is 0 Å². The van der Waals surface area contributed by atoms with Gasteiger partial charge in [-0.1, -0.05) is 0 Å². The van der Waals surface area contributed by atoms with Gasteiger partial charge >= 0.3 is 99.1 Å². The summed E-state index contributed by atoms with van der Waals surface area (Å²) in [6.07, 6.45) is 0. The maximum absolute atomic E-state index is 9.30. The summed E-state index contributed by atoms with van der Waals surface area (Å²) in [6.45, 7) is 7.11. The molecule has 0 saturated heterocycles. The van der Waals surface area contributed by atoms with Crippen molar-refractivity contribution in [2.75, 3.05) is 0 Å². The normalized spacial score (nSPS) is 10.6. The molecule has 0 aliphatic heterocycles. The van der Waals surface area contributed by atoms with Gasteiger partial charge in [-0.3, -0.25) is 0 Å². The van der Waals surface area contributed by atoms with Crippen LogP contribution < -0.4 is 0 Å². The summed E-state index contributed by atoms with van der Waals surface area (Å²) in [5.74, 6) is 0. The quantitative estimate of drug-likeness (QED) is 0.384. The van der Waals surface area contributed by atoms with Gasteiger partial charge in [-0.15, -0.1) is 0 Å². The third kappa shape index (κ3) is 72.3. The zero-order valence-electron chi connectivity index (χ0n) is 12.2. The molecule has 0 aliphatic rings. The number of hydrogen-bond donors (Lipinski definition) is 2. The van der Waals surface area contributed by atoms with Crippen LogP contribution in [0, 0.1) is 0 Å². The molecule has 0 amide bonds. The fraction of sp³-hybridized carbons (Fsp3) is 1.00. The van der Waals surface area contributed by atoms with Crippen LogP contribution in [0.15, 0.2) is 0 Å². The molecule has 0 fully saturated rings. The molecule has 0 atom stereocenters. The Labute approximate surface area is 211 Å². The predicted octanol–water partition coefficient (Wildman–Crippen LogP) is 4.32. The van der Waals surface area contributed by atoms with Gasteiger partial charge in [0.1, 0.15) is 0 Å². The van der Waals surface area contributed by atoms with E-state index in [0.29, 0.717) is 0 Å². The fourth-order valence-corrected chi connectivity index (χ4v) is 0. The van der Waals surface area contributed by atoms with Gasteiger partial charge in [-0.25, -0.2) is 0 Å². The van der Waals surface area contributed by atoms with Gasteiger partial charge in [0.05, 0.1) is 0 Å². The molecule has 0 aromatic rings. The SMILES string of the molecule is C[Si](C)(O)[Si](C)(C)O.O.O.[Cd].[Cd].[Cl][Nb]([Cl])([Cl])[Cl].[Cl][Nb]([Cl])([Cl])[Cl]. The molecule has 6 N–H and O–H groups in total. The first-order chi connectivity index (χ1) is 7.25. The standard InChI is InChI=1S/C4H14O2Si2.2Cd.8ClH.2Nb.2H2O/c1-7(2,5)8(3,4)6;;;;;;;;;;;;;;/h5-6H,1-4H3;;;8*1H;;;2*1H2/q;;;;;;;;;;;2*+4;;/p-8. The van der Waals surface area contributed by atoms with Crippen molar-refractivity contribution in [3.63, 3.8) is 0 Å². The second kappa shape index (κ2) is 20.2. The third-order valence-corrected chi connectivity index (χ3v) is 13.5. The molecule has 0 aromatic carbocycles. The summed E-state index contributed by atoms with van der Waals surface area (Å²) in [7, 11) is 35.9. The van der Waals surface area contributed by atoms with E-state index < -0.39 is 41.3 Å². The van der Waals surface area contributed by atoms with Gasteiger partial charge in [0.2, 0.25) is 0 Å². The van der Waals surface area contributed by atoms with E-state index in [4.69, 9.17) is 73.5 Å². The Balaban J connectivity index is -0.0000000291. The summed E-state index contributed by atoms with van der Waals surface area (Å²) in [4.78, 5) is 18.6. The Morgan fingerprint density at radius 1 is 0.545 bits per heavy atom. The van der Waals surface area contributed by atoms with Crippen molar-refractivity contribution in [1.82, 2.24) is 0 Å². The van der Waals surface area contributed by atoms with Crippen molar-refractivity contribution < 1.29 is 101 Å². The first-order valence-corrected chi connectivity index (χ1v) is 33.6. The first kappa shape index (κ1) is 46.2. The molecule has 136 valence electrons. The van der Waals surface area contributed by atoms with E-state index in [9.17, 15) is 9.59 Å². The molecule has 0 saturated carbocycles. The van der Waals surface area contributed by atoms with Gasteiger partial charge in [0, 0.05) is 54.6 Å². The van der Waals surface area contributed by atoms with Gasteiger partial charge in [0.25, 0.3) is 0 Å². The van der Waals surface area contributed by atoms with Crippen molar-refractivity contribution in [2.45, 2.75) is 26.2 Å². The topological polar surface area (TPSA) is 103 Å². The summed E-state index contributed by atoms with van der Waals surface area (Å²) in [5.41, 5.74) is 0. The molecule has 0 aromatic heterocycles. The molecular weight excluding hydrogens is 862 g/mol. The van der Waals surface area contributed by atoms with Crippen LogP contribution in [0.3, 0.4) is 0 Å². The Hall–Kier alpha value is 5.92. The molecule has 0 radical (unpaired) electrons. The van der Waals surface area contributed by atoms with Crippen LogP contribution in [0.25, 0.3) is 0 Å². The molecule has 18 heteroatoms. The molecule has 22 heavy (non-hydrogen) atoms. The zero-order chi connectivity index (χ0) is 16.0. The molecule has 4 nitrogen and oxygen atoms in total. The van der Waals surface area contributed by atoms with E-state index in [1.54, 1.807) is 26.2 Å². The van der Waals surface area contributed by atoms with E-state index in [0.717, 1.165) is 0 Å². The molecule has 0 rings (SSSR count). The van der Waals surface area contributed by atoms with Crippen molar-refractivity contribution in [3.8, 4) is 0 Å². The van der Waals surface area contributed by atoms with E-state index in [-0.39, 0.29) is 65.5 Å². The van der Waals surface area contributed by atoms with Gasteiger partial charge < -0.3 is 20.5 Å². The van der Waals surface area contributed by atoms with Crippen LogP contribution in [0.5, 0.6) is 0 Å². The Morgan fingerprint density at radius 3 is 0.591 bits per heavy atom. The summed E-state index contributed by atoms with van der Waals surface area (Å²) in [5, 5.41) is 0. The van der Waals surface area contributed by atoms with Crippen molar-refractivity contribution in [3.05, 3.63) is 0 Å². The predicted molar refractivity (Wildman–Crippen MR) is 93.5 cm³/mol. The first-order valence-electron chi connectivity index (χ1n) is 4.05.